The Morgan fingerprint density at radius 1 is 1.34 bits per heavy atom. The minimum absolute atomic E-state index is 0.0743. The number of aromatic nitrogens is 2. The lowest BCUT2D eigenvalue weighted by atomic mass is 10.2. The van der Waals surface area contributed by atoms with Crippen molar-refractivity contribution < 1.29 is 23.8 Å². The number of β-amino-alcohol motifs (C(OH)–C–C–N with tert-alkyl or cyclic N) is 1. The Bertz CT molecular complexity index is 1090. The number of hydrogen-bond donors (Lipinski definition) is 2. The highest BCUT2D eigenvalue weighted by Gasteiger charge is 2.34. The summed E-state index contributed by atoms with van der Waals surface area (Å²) in [7, 11) is 1.26. The maximum Gasteiger partial charge on any atom is 0.337 e. The molecule has 0 bridgehead atoms. The Kier molecular flexibility index (Phi) is 4.96. The number of pyridine rings is 1. The Morgan fingerprint density at radius 2 is 2.21 bits per heavy atom. The number of oxazole rings is 1. The number of carbonyl (C=O) groups is 2. The van der Waals surface area contributed by atoms with Crippen molar-refractivity contribution in [2.45, 2.75) is 0 Å². The molecule has 1 aromatic carbocycles. The van der Waals surface area contributed by atoms with Crippen LogP contribution < -0.4 is 5.32 Å². The molecule has 148 valence electrons. The highest BCUT2D eigenvalue weighted by Crippen LogP contribution is 2.27. The van der Waals surface area contributed by atoms with Gasteiger partial charge in [0.15, 0.2) is 11.2 Å². The molecule has 1 aliphatic rings. The normalized spacial score (nSPS) is 14.0. The van der Waals surface area contributed by atoms with Gasteiger partial charge in [0.25, 0.3) is 5.91 Å². The highest BCUT2D eigenvalue weighted by atomic mass is 16.5. The van der Waals surface area contributed by atoms with Crippen molar-refractivity contribution in [2.24, 2.45) is 0 Å². The fourth-order valence-corrected chi connectivity index (χ4v) is 3.12. The van der Waals surface area contributed by atoms with Crippen LogP contribution in [0.25, 0.3) is 22.7 Å². The van der Waals surface area contributed by atoms with Gasteiger partial charge in [-0.15, -0.1) is 0 Å². The van der Waals surface area contributed by atoms with Gasteiger partial charge < -0.3 is 24.5 Å². The van der Waals surface area contributed by atoms with Gasteiger partial charge in [0.1, 0.15) is 5.70 Å². The van der Waals surface area contributed by atoms with Crippen molar-refractivity contribution in [3.8, 4) is 11.5 Å². The molecular formula is C20H18N4O5. The monoisotopic (exact) mass is 394 g/mol. The maximum absolute atomic E-state index is 12.7. The third kappa shape index (κ3) is 3.55. The van der Waals surface area contributed by atoms with Crippen LogP contribution in [0.1, 0.15) is 0 Å². The topological polar surface area (TPSA) is 118 Å². The molecule has 1 aliphatic heterocycles. The van der Waals surface area contributed by atoms with Gasteiger partial charge in [-0.05, 0) is 30.3 Å². The minimum atomic E-state index is -0.595. The lowest BCUT2D eigenvalue weighted by Crippen LogP contribution is -2.31. The zero-order valence-electron chi connectivity index (χ0n) is 15.6. The number of carbonyl (C=O) groups excluding carboxylic acids is 2. The number of fused-ring (bicyclic) bond motifs is 1. The molecule has 3 heterocycles. The summed E-state index contributed by atoms with van der Waals surface area (Å²) < 4.78 is 10.5. The third-order valence-electron chi connectivity index (χ3n) is 4.50. The van der Waals surface area contributed by atoms with Gasteiger partial charge in [-0.2, -0.15) is 4.98 Å². The number of amides is 1. The summed E-state index contributed by atoms with van der Waals surface area (Å²) in [6, 6.07) is 10.7. The van der Waals surface area contributed by atoms with E-state index in [9.17, 15) is 9.59 Å². The Morgan fingerprint density at radius 3 is 2.97 bits per heavy atom. The number of rotatable bonds is 6. The minimum Gasteiger partial charge on any atom is -0.466 e. The molecule has 0 fully saturated rings. The quantitative estimate of drug-likeness (QED) is 0.605. The van der Waals surface area contributed by atoms with Crippen LogP contribution in [0.4, 0.5) is 5.69 Å². The molecule has 0 saturated carbocycles. The highest BCUT2D eigenvalue weighted by molar-refractivity contribution is 6.08. The molecule has 0 spiro atoms. The van der Waals surface area contributed by atoms with E-state index in [1.54, 1.807) is 36.5 Å². The lowest BCUT2D eigenvalue weighted by Gasteiger charge is -2.15. The van der Waals surface area contributed by atoms with E-state index in [1.165, 1.54) is 12.0 Å². The number of benzene rings is 1. The smallest absolute Gasteiger partial charge is 0.337 e. The van der Waals surface area contributed by atoms with E-state index in [1.807, 2.05) is 6.07 Å². The van der Waals surface area contributed by atoms with Gasteiger partial charge in [-0.25, -0.2) is 9.78 Å². The van der Waals surface area contributed by atoms with Crippen LogP contribution in [0.5, 0.6) is 0 Å². The molecule has 0 unspecified atom stereocenters. The predicted octanol–water partition coefficient (Wildman–Crippen LogP) is 1.56. The second-order valence-electron chi connectivity index (χ2n) is 6.35. The molecule has 3 aromatic rings. The molecule has 9 heteroatoms. The van der Waals surface area contributed by atoms with E-state index in [0.29, 0.717) is 28.4 Å². The number of hydrogen-bond acceptors (Lipinski definition) is 8. The van der Waals surface area contributed by atoms with Crippen LogP contribution >= 0.6 is 0 Å². The van der Waals surface area contributed by atoms with Gasteiger partial charge in [0, 0.05) is 24.0 Å². The zero-order chi connectivity index (χ0) is 20.4. The van der Waals surface area contributed by atoms with Crippen LogP contribution in [-0.2, 0) is 14.3 Å². The van der Waals surface area contributed by atoms with Crippen LogP contribution in [0.15, 0.2) is 58.3 Å². The van der Waals surface area contributed by atoms with Crippen molar-refractivity contribution >= 4 is 28.8 Å². The SMILES string of the molecule is COC(=O)C1=C(Nc2cccc(-c3nc4ncccc4o3)c2)C(=O)N(CCO)C1. The van der Waals surface area contributed by atoms with Gasteiger partial charge in [0.2, 0.25) is 5.89 Å². The Hall–Kier alpha value is -3.72. The first-order valence-electron chi connectivity index (χ1n) is 8.91. The largest absolute Gasteiger partial charge is 0.466 e. The fraction of sp³-hybridized carbons (Fsp3) is 0.200. The summed E-state index contributed by atoms with van der Waals surface area (Å²) in [6.07, 6.45) is 1.64. The Balaban J connectivity index is 1.65. The summed E-state index contributed by atoms with van der Waals surface area (Å²) in [5, 5.41) is 12.2. The summed E-state index contributed by atoms with van der Waals surface area (Å²) in [5.74, 6) is -0.581. The molecule has 0 saturated heterocycles. The van der Waals surface area contributed by atoms with E-state index < -0.39 is 5.97 Å². The molecule has 0 atom stereocenters. The molecule has 29 heavy (non-hydrogen) atoms. The molecule has 9 nitrogen and oxygen atoms in total. The number of nitrogens with one attached hydrogen (secondary N) is 1. The molecular weight excluding hydrogens is 376 g/mol. The lowest BCUT2D eigenvalue weighted by molar-refractivity contribution is -0.136. The summed E-state index contributed by atoms with van der Waals surface area (Å²) in [5.41, 5.74) is 2.67. The number of nitrogens with zero attached hydrogens (tertiary/aromatic N) is 3. The standard InChI is InChI=1S/C20H18N4O5/c1-28-20(27)14-11-24(8-9-25)19(26)16(14)22-13-5-2-4-12(10-13)18-23-17-15(29-18)6-3-7-21-17/h2-7,10,22,25H,8-9,11H2,1H3. The molecule has 1 amide bonds. The van der Waals surface area contributed by atoms with E-state index in [4.69, 9.17) is 14.3 Å². The number of methoxy groups -OCH3 is 1. The molecule has 0 radical (unpaired) electrons. The van der Waals surface area contributed by atoms with E-state index in [-0.39, 0.29) is 36.9 Å². The first-order chi connectivity index (χ1) is 14.1. The first-order valence-corrected chi connectivity index (χ1v) is 8.91. The molecule has 0 aliphatic carbocycles. The maximum atomic E-state index is 12.7. The van der Waals surface area contributed by atoms with Crippen molar-refractivity contribution in [3.05, 3.63) is 53.9 Å². The Labute approximate surface area is 165 Å². The van der Waals surface area contributed by atoms with Gasteiger partial charge in [-0.3, -0.25) is 4.79 Å². The van der Waals surface area contributed by atoms with Crippen molar-refractivity contribution in [3.63, 3.8) is 0 Å². The predicted molar refractivity (Wildman–Crippen MR) is 104 cm³/mol. The molecule has 2 aromatic heterocycles. The summed E-state index contributed by atoms with van der Waals surface area (Å²) >= 11 is 0. The molecule has 4 rings (SSSR count). The van der Waals surface area contributed by atoms with E-state index >= 15 is 0 Å². The number of anilines is 1. The first kappa shape index (κ1) is 18.6. The zero-order valence-corrected chi connectivity index (χ0v) is 15.6. The van der Waals surface area contributed by atoms with Crippen LogP contribution in [0.2, 0.25) is 0 Å². The number of ether oxygens (including phenoxy) is 1. The second kappa shape index (κ2) is 7.72. The van der Waals surface area contributed by atoms with Crippen LogP contribution in [0, 0.1) is 0 Å². The average molecular weight is 394 g/mol. The summed E-state index contributed by atoms with van der Waals surface area (Å²) in [6.45, 7) is 0.0000560. The van der Waals surface area contributed by atoms with Crippen molar-refractivity contribution in [2.75, 3.05) is 32.1 Å². The molecule has 2 N–H and O–H groups in total. The van der Waals surface area contributed by atoms with E-state index in [0.717, 1.165) is 0 Å². The number of aliphatic hydroxyl groups is 1. The van der Waals surface area contributed by atoms with Gasteiger partial charge in [0.05, 0.1) is 25.8 Å². The van der Waals surface area contributed by atoms with Crippen molar-refractivity contribution in [1.82, 2.24) is 14.9 Å². The van der Waals surface area contributed by atoms with E-state index in [2.05, 4.69) is 15.3 Å². The average Bonchev–Trinajstić information content (AvgIpc) is 3.31. The fourth-order valence-electron chi connectivity index (χ4n) is 3.12. The second-order valence-corrected chi connectivity index (χ2v) is 6.35. The van der Waals surface area contributed by atoms with Crippen LogP contribution in [-0.4, -0.2) is 58.7 Å². The van der Waals surface area contributed by atoms with Gasteiger partial charge >= 0.3 is 5.97 Å². The third-order valence-corrected chi connectivity index (χ3v) is 4.50. The number of esters is 1. The van der Waals surface area contributed by atoms with Crippen LogP contribution in [0.3, 0.4) is 0 Å². The van der Waals surface area contributed by atoms with Crippen molar-refractivity contribution in [1.29, 1.82) is 0 Å². The summed E-state index contributed by atoms with van der Waals surface area (Å²) in [4.78, 5) is 34.7. The number of aliphatic hydroxyl groups excluding tert-OH is 1. The van der Waals surface area contributed by atoms with Gasteiger partial charge in [-0.1, -0.05) is 6.07 Å².